The van der Waals surface area contributed by atoms with Gasteiger partial charge in [0.25, 0.3) is 11.8 Å². The third kappa shape index (κ3) is 5.28. The molecule has 1 aliphatic heterocycles. The fraction of sp³-hybridized carbons (Fsp3) is 0.323. The minimum Gasteiger partial charge on any atom is -0.496 e. The second-order valence-corrected chi connectivity index (χ2v) is 12.1. The van der Waals surface area contributed by atoms with Crippen LogP contribution in [0.1, 0.15) is 47.4 Å². The predicted molar refractivity (Wildman–Crippen MR) is 157 cm³/mol. The zero-order valence-electron chi connectivity index (χ0n) is 21.7. The quantitative estimate of drug-likeness (QED) is 0.258. The maximum absolute atomic E-state index is 13.3. The second kappa shape index (κ2) is 11.0. The Kier molecular flexibility index (Phi) is 7.32. The van der Waals surface area contributed by atoms with Crippen molar-refractivity contribution in [1.29, 1.82) is 0 Å². The van der Waals surface area contributed by atoms with Crippen LogP contribution in [-0.4, -0.2) is 40.7 Å². The van der Waals surface area contributed by atoms with E-state index in [2.05, 4.69) is 5.32 Å². The van der Waals surface area contributed by atoms with Gasteiger partial charge in [-0.2, -0.15) is 0 Å². The first kappa shape index (κ1) is 25.9. The highest BCUT2D eigenvalue weighted by Gasteiger charge is 2.48. The fourth-order valence-corrected chi connectivity index (χ4v) is 7.46. The first-order chi connectivity index (χ1) is 19.0. The summed E-state index contributed by atoms with van der Waals surface area (Å²) in [6, 6.07) is 19.4. The Morgan fingerprint density at radius 2 is 2.00 bits per heavy atom. The number of amides is 2. The number of rotatable bonds is 8. The van der Waals surface area contributed by atoms with Crippen LogP contribution < -0.4 is 10.1 Å². The molecule has 3 aromatic rings. The first-order valence-electron chi connectivity index (χ1n) is 13.4. The summed E-state index contributed by atoms with van der Waals surface area (Å²) in [6.45, 7) is 0.515. The molecule has 3 aliphatic rings. The van der Waals surface area contributed by atoms with E-state index in [9.17, 15) is 9.59 Å². The van der Waals surface area contributed by atoms with Gasteiger partial charge in [0.05, 0.1) is 17.6 Å². The van der Waals surface area contributed by atoms with Crippen LogP contribution in [0.5, 0.6) is 5.75 Å². The Bertz CT molecular complexity index is 1450. The van der Waals surface area contributed by atoms with Crippen LogP contribution in [0.3, 0.4) is 0 Å². The van der Waals surface area contributed by atoms with E-state index in [0.29, 0.717) is 44.5 Å². The largest absolute Gasteiger partial charge is 0.496 e. The van der Waals surface area contributed by atoms with E-state index in [-0.39, 0.29) is 17.9 Å². The van der Waals surface area contributed by atoms with E-state index in [4.69, 9.17) is 21.4 Å². The number of hydrogen-bond donors (Lipinski definition) is 1. The molecule has 8 heteroatoms. The molecule has 0 radical (unpaired) electrons. The molecule has 3 atom stereocenters. The average molecular weight is 559 g/mol. The van der Waals surface area contributed by atoms with Gasteiger partial charge in [0.1, 0.15) is 21.6 Å². The zero-order valence-corrected chi connectivity index (χ0v) is 23.4. The number of carbonyl (C=O) groups is 2. The Hall–Kier alpha value is -3.36. The number of carbonyl (C=O) groups excluding carboxylic acids is 2. The highest BCUT2D eigenvalue weighted by atomic mass is 32.2. The van der Waals surface area contributed by atoms with Gasteiger partial charge in [0, 0.05) is 24.2 Å². The molecule has 3 unspecified atom stereocenters. The molecule has 6 nitrogen and oxygen atoms in total. The summed E-state index contributed by atoms with van der Waals surface area (Å²) in [5, 5.41) is 2.98. The van der Waals surface area contributed by atoms with Crippen molar-refractivity contribution in [1.82, 2.24) is 10.2 Å². The smallest absolute Gasteiger partial charge is 0.266 e. The van der Waals surface area contributed by atoms with Crippen molar-refractivity contribution in [3.63, 3.8) is 0 Å². The molecule has 2 saturated carbocycles. The minimum absolute atomic E-state index is 0.0144. The summed E-state index contributed by atoms with van der Waals surface area (Å²) in [5.74, 6) is 2.76. The molecule has 1 N–H and O–H groups in total. The lowest BCUT2D eigenvalue weighted by molar-refractivity contribution is -0.124. The molecule has 6 rings (SSSR count). The normalized spacial score (nSPS) is 23.2. The third-order valence-corrected chi connectivity index (χ3v) is 9.36. The van der Waals surface area contributed by atoms with E-state index >= 15 is 0 Å². The Morgan fingerprint density at radius 3 is 2.74 bits per heavy atom. The van der Waals surface area contributed by atoms with Crippen LogP contribution in [0.2, 0.25) is 0 Å². The van der Waals surface area contributed by atoms with E-state index in [1.54, 1.807) is 25.3 Å². The van der Waals surface area contributed by atoms with Gasteiger partial charge in [-0.25, -0.2) is 0 Å². The van der Waals surface area contributed by atoms with Crippen LogP contribution in [-0.2, 0) is 11.2 Å². The maximum atomic E-state index is 13.3. The zero-order chi connectivity index (χ0) is 26.9. The second-order valence-electron chi connectivity index (χ2n) is 10.4. The van der Waals surface area contributed by atoms with E-state index in [1.807, 2.05) is 53.4 Å². The summed E-state index contributed by atoms with van der Waals surface area (Å²) < 4.78 is 12.2. The van der Waals surface area contributed by atoms with Crippen LogP contribution >= 0.6 is 24.0 Å². The number of hydrogen-bond acceptors (Lipinski definition) is 6. The lowest BCUT2D eigenvalue weighted by Gasteiger charge is -2.30. The Labute approximate surface area is 237 Å². The Balaban J connectivity index is 1.16. The van der Waals surface area contributed by atoms with Crippen LogP contribution in [0.25, 0.3) is 17.4 Å². The lowest BCUT2D eigenvalue weighted by Crippen LogP contribution is -2.41. The average Bonchev–Trinajstić information content (AvgIpc) is 3.75. The number of furan rings is 1. The van der Waals surface area contributed by atoms with Crippen LogP contribution in [0, 0.1) is 11.8 Å². The van der Waals surface area contributed by atoms with Crippen LogP contribution in [0.15, 0.2) is 70.0 Å². The molecule has 1 aromatic heterocycles. The molecular weight excluding hydrogens is 528 g/mol. The fourth-order valence-electron chi connectivity index (χ4n) is 6.11. The van der Waals surface area contributed by atoms with Crippen molar-refractivity contribution in [3.8, 4) is 17.1 Å². The van der Waals surface area contributed by atoms with Gasteiger partial charge in [0.2, 0.25) is 0 Å². The number of nitrogens with zero attached hydrogens (tertiary/aromatic N) is 1. The molecule has 3 fully saturated rings. The van der Waals surface area contributed by atoms with Crippen molar-refractivity contribution < 1.29 is 18.7 Å². The predicted octanol–water partition coefficient (Wildman–Crippen LogP) is 6.32. The van der Waals surface area contributed by atoms with E-state index < -0.39 is 0 Å². The monoisotopic (exact) mass is 558 g/mol. The van der Waals surface area contributed by atoms with Gasteiger partial charge in [-0.3, -0.25) is 14.5 Å². The molecule has 39 heavy (non-hydrogen) atoms. The molecule has 2 amide bonds. The summed E-state index contributed by atoms with van der Waals surface area (Å²) >= 11 is 6.96. The molecule has 2 aliphatic carbocycles. The summed E-state index contributed by atoms with van der Waals surface area (Å²) in [5.41, 5.74) is 2.35. The maximum Gasteiger partial charge on any atom is 0.266 e. The number of methoxy groups -OCH3 is 1. The van der Waals surface area contributed by atoms with Crippen molar-refractivity contribution in [2.24, 2.45) is 11.8 Å². The third-order valence-electron chi connectivity index (χ3n) is 8.03. The van der Waals surface area contributed by atoms with Gasteiger partial charge in [-0.05, 0) is 73.4 Å². The summed E-state index contributed by atoms with van der Waals surface area (Å²) in [6.07, 6.45) is 7.28. The molecule has 2 heterocycles. The molecule has 2 aromatic carbocycles. The standard InChI is InChI=1S/C31H30N2O4S2/c1-36-27-11-9-22(17-24(27)29(34)32-14-13-19-5-3-2-4-6-19)26-12-10-23(37-26)18-28-30(35)33(31(38)39-28)25-16-20-7-8-21(25)15-20/h2-6,9-12,17-18,20-21,25H,7-8,13-16H2,1H3,(H,32,34). The molecular formula is C31H30N2O4S2. The lowest BCUT2D eigenvalue weighted by atomic mass is 9.94. The van der Waals surface area contributed by atoms with E-state index in [1.165, 1.54) is 31.0 Å². The number of thiocarbonyl (C=S) groups is 1. The van der Waals surface area contributed by atoms with Gasteiger partial charge in [0.15, 0.2) is 0 Å². The first-order valence-corrected chi connectivity index (χ1v) is 14.6. The van der Waals surface area contributed by atoms with Gasteiger partial charge in [-0.1, -0.05) is 60.7 Å². The highest BCUT2D eigenvalue weighted by molar-refractivity contribution is 8.26. The minimum atomic E-state index is -0.208. The summed E-state index contributed by atoms with van der Waals surface area (Å²) in [7, 11) is 1.55. The van der Waals surface area contributed by atoms with Crippen molar-refractivity contribution in [3.05, 3.63) is 82.5 Å². The van der Waals surface area contributed by atoms with Crippen molar-refractivity contribution in [2.45, 2.75) is 38.1 Å². The summed E-state index contributed by atoms with van der Waals surface area (Å²) in [4.78, 5) is 28.7. The van der Waals surface area contributed by atoms with Crippen molar-refractivity contribution in [2.75, 3.05) is 13.7 Å². The highest BCUT2D eigenvalue weighted by Crippen LogP contribution is 2.49. The number of thioether (sulfide) groups is 1. The Morgan fingerprint density at radius 1 is 1.15 bits per heavy atom. The molecule has 200 valence electrons. The molecule has 2 bridgehead atoms. The van der Waals surface area contributed by atoms with Crippen molar-refractivity contribution >= 4 is 46.2 Å². The van der Waals surface area contributed by atoms with Crippen LogP contribution in [0.4, 0.5) is 0 Å². The molecule has 1 saturated heterocycles. The SMILES string of the molecule is COc1ccc(-c2ccc(C=C3SC(=S)N(C4CC5CCC4C5)C3=O)o2)cc1C(=O)NCCc1ccccc1. The number of ether oxygens (including phenoxy) is 1. The van der Waals surface area contributed by atoms with E-state index in [0.717, 1.165) is 29.9 Å². The van der Waals surface area contributed by atoms with Gasteiger partial charge in [-0.15, -0.1) is 0 Å². The number of nitrogens with one attached hydrogen (secondary N) is 1. The molecule has 0 spiro atoms. The number of fused-ring (bicyclic) bond motifs is 2. The number of benzene rings is 2. The van der Waals surface area contributed by atoms with Gasteiger partial charge >= 0.3 is 0 Å². The van der Waals surface area contributed by atoms with Gasteiger partial charge < -0.3 is 14.5 Å². The topological polar surface area (TPSA) is 71.8 Å².